The second kappa shape index (κ2) is 5.95. The van der Waals surface area contributed by atoms with Crippen molar-refractivity contribution < 1.29 is 4.74 Å². The van der Waals surface area contributed by atoms with Crippen molar-refractivity contribution in [2.75, 3.05) is 31.6 Å². The van der Waals surface area contributed by atoms with Crippen molar-refractivity contribution in [2.24, 2.45) is 0 Å². The Morgan fingerprint density at radius 2 is 2.28 bits per heavy atom. The molecule has 2 aliphatic heterocycles. The van der Waals surface area contributed by atoms with Gasteiger partial charge in [-0.1, -0.05) is 34.1 Å². The monoisotopic (exact) mass is 327 g/mol. The molecule has 2 nitrogen and oxygen atoms in total. The lowest BCUT2D eigenvalue weighted by atomic mass is 10.1. The molecule has 98 valence electrons. The minimum atomic E-state index is 0.545. The van der Waals surface area contributed by atoms with Gasteiger partial charge >= 0.3 is 0 Å². The molecule has 18 heavy (non-hydrogen) atoms. The standard InChI is InChI=1S/C14H18BrNOS/c15-8-12-10-17-6-5-16(12)9-13-7-11-3-1-2-4-14(11)18-13/h1-4,12-13H,5-10H2. The zero-order valence-electron chi connectivity index (χ0n) is 10.3. The van der Waals surface area contributed by atoms with Crippen LogP contribution in [0, 0.1) is 0 Å². The summed E-state index contributed by atoms with van der Waals surface area (Å²) in [6.45, 7) is 4.01. The van der Waals surface area contributed by atoms with Gasteiger partial charge in [-0.05, 0) is 18.1 Å². The van der Waals surface area contributed by atoms with Gasteiger partial charge in [0.1, 0.15) is 0 Å². The average molecular weight is 328 g/mol. The average Bonchev–Trinajstić information content (AvgIpc) is 2.81. The van der Waals surface area contributed by atoms with E-state index in [-0.39, 0.29) is 0 Å². The third kappa shape index (κ3) is 2.77. The molecule has 0 radical (unpaired) electrons. The fourth-order valence-electron chi connectivity index (χ4n) is 2.69. The number of benzene rings is 1. The third-order valence-corrected chi connectivity index (χ3v) is 5.73. The van der Waals surface area contributed by atoms with Crippen LogP contribution in [0.2, 0.25) is 0 Å². The van der Waals surface area contributed by atoms with Crippen molar-refractivity contribution in [1.82, 2.24) is 4.90 Å². The highest BCUT2D eigenvalue weighted by atomic mass is 79.9. The molecule has 0 saturated carbocycles. The highest BCUT2D eigenvalue weighted by molar-refractivity contribution is 9.09. The van der Waals surface area contributed by atoms with Crippen LogP contribution in [0.3, 0.4) is 0 Å². The molecule has 0 spiro atoms. The molecular formula is C14H18BrNOS. The van der Waals surface area contributed by atoms with Crippen molar-refractivity contribution >= 4 is 27.7 Å². The van der Waals surface area contributed by atoms with E-state index in [1.54, 1.807) is 0 Å². The summed E-state index contributed by atoms with van der Waals surface area (Å²) in [5.74, 6) is 0. The highest BCUT2D eigenvalue weighted by Gasteiger charge is 2.28. The van der Waals surface area contributed by atoms with Crippen molar-refractivity contribution in [3.8, 4) is 0 Å². The van der Waals surface area contributed by atoms with Crippen LogP contribution in [0.25, 0.3) is 0 Å². The molecule has 2 atom stereocenters. The summed E-state index contributed by atoms with van der Waals surface area (Å²) in [7, 11) is 0. The van der Waals surface area contributed by atoms with Crippen LogP contribution in [-0.4, -0.2) is 47.8 Å². The number of fused-ring (bicyclic) bond motifs is 1. The van der Waals surface area contributed by atoms with Crippen LogP contribution in [0.1, 0.15) is 5.56 Å². The number of nitrogens with zero attached hydrogens (tertiary/aromatic N) is 1. The zero-order valence-corrected chi connectivity index (χ0v) is 12.8. The van der Waals surface area contributed by atoms with Crippen LogP contribution >= 0.6 is 27.7 Å². The van der Waals surface area contributed by atoms with E-state index in [9.17, 15) is 0 Å². The van der Waals surface area contributed by atoms with E-state index in [1.165, 1.54) is 23.4 Å². The van der Waals surface area contributed by atoms with E-state index < -0.39 is 0 Å². The lowest BCUT2D eigenvalue weighted by molar-refractivity contribution is 0.00243. The third-order valence-electron chi connectivity index (χ3n) is 3.68. The molecule has 1 aromatic rings. The minimum absolute atomic E-state index is 0.545. The van der Waals surface area contributed by atoms with Gasteiger partial charge in [-0.15, -0.1) is 11.8 Å². The number of rotatable bonds is 3. The molecule has 0 aliphatic carbocycles. The largest absolute Gasteiger partial charge is 0.378 e. The van der Waals surface area contributed by atoms with E-state index in [1.807, 2.05) is 11.8 Å². The molecule has 0 bridgehead atoms. The molecule has 3 rings (SSSR count). The normalized spacial score (nSPS) is 28.3. The minimum Gasteiger partial charge on any atom is -0.378 e. The molecule has 0 aromatic heterocycles. The molecule has 1 fully saturated rings. The maximum atomic E-state index is 5.55. The number of morpholine rings is 1. The molecule has 0 N–H and O–H groups in total. The summed E-state index contributed by atoms with van der Waals surface area (Å²) < 4.78 is 5.55. The number of ether oxygens (including phenoxy) is 1. The van der Waals surface area contributed by atoms with E-state index in [0.717, 1.165) is 25.1 Å². The zero-order chi connectivity index (χ0) is 12.4. The number of hydrogen-bond acceptors (Lipinski definition) is 3. The molecule has 4 heteroatoms. The number of alkyl halides is 1. The predicted octanol–water partition coefficient (Wildman–Crippen LogP) is 2.80. The van der Waals surface area contributed by atoms with Gasteiger partial charge in [-0.2, -0.15) is 0 Å². The summed E-state index contributed by atoms with van der Waals surface area (Å²) in [4.78, 5) is 4.06. The van der Waals surface area contributed by atoms with Gasteiger partial charge in [0.05, 0.1) is 13.2 Å². The van der Waals surface area contributed by atoms with Crippen molar-refractivity contribution in [3.05, 3.63) is 29.8 Å². The molecular weight excluding hydrogens is 310 g/mol. The molecule has 1 saturated heterocycles. The Morgan fingerprint density at radius 3 is 3.11 bits per heavy atom. The van der Waals surface area contributed by atoms with Crippen LogP contribution in [0.4, 0.5) is 0 Å². The van der Waals surface area contributed by atoms with E-state index in [2.05, 4.69) is 45.1 Å². The SMILES string of the molecule is BrCC1COCCN1CC1Cc2ccccc2S1. The molecule has 2 aliphatic rings. The number of thioether (sulfide) groups is 1. The Hall–Kier alpha value is -0.0300. The van der Waals surface area contributed by atoms with Gasteiger partial charge in [0.25, 0.3) is 0 Å². The number of hydrogen-bond donors (Lipinski definition) is 0. The summed E-state index contributed by atoms with van der Waals surface area (Å²) in [6, 6.07) is 9.36. The molecule has 0 amide bonds. The predicted molar refractivity (Wildman–Crippen MR) is 79.8 cm³/mol. The Bertz CT molecular complexity index is 390. The molecule has 2 unspecified atom stereocenters. The van der Waals surface area contributed by atoms with Crippen LogP contribution in [0.5, 0.6) is 0 Å². The van der Waals surface area contributed by atoms with Crippen LogP contribution in [-0.2, 0) is 11.2 Å². The van der Waals surface area contributed by atoms with Crippen molar-refractivity contribution in [1.29, 1.82) is 0 Å². The van der Waals surface area contributed by atoms with E-state index in [4.69, 9.17) is 4.74 Å². The number of halogens is 1. The van der Waals surface area contributed by atoms with Gasteiger partial charge in [-0.25, -0.2) is 0 Å². The van der Waals surface area contributed by atoms with Crippen LogP contribution < -0.4 is 0 Å². The summed E-state index contributed by atoms with van der Waals surface area (Å²) in [5.41, 5.74) is 1.52. The second-order valence-corrected chi connectivity index (χ2v) is 6.92. The quantitative estimate of drug-likeness (QED) is 0.792. The van der Waals surface area contributed by atoms with Gasteiger partial charge in [0.15, 0.2) is 0 Å². The Kier molecular flexibility index (Phi) is 4.29. The first-order valence-corrected chi connectivity index (χ1v) is 8.49. The Morgan fingerprint density at radius 1 is 1.39 bits per heavy atom. The molecule has 1 aromatic carbocycles. The fourth-order valence-corrected chi connectivity index (χ4v) is 4.63. The second-order valence-electron chi connectivity index (χ2n) is 4.93. The lowest BCUT2D eigenvalue weighted by Gasteiger charge is -2.35. The topological polar surface area (TPSA) is 12.5 Å². The highest BCUT2D eigenvalue weighted by Crippen LogP contribution is 2.37. The summed E-state index contributed by atoms with van der Waals surface area (Å²) >= 11 is 5.65. The van der Waals surface area contributed by atoms with Gasteiger partial charge < -0.3 is 4.74 Å². The van der Waals surface area contributed by atoms with E-state index in [0.29, 0.717) is 11.3 Å². The molecule has 2 heterocycles. The van der Waals surface area contributed by atoms with Crippen molar-refractivity contribution in [2.45, 2.75) is 22.6 Å². The Labute approximate surface area is 121 Å². The van der Waals surface area contributed by atoms with Gasteiger partial charge in [-0.3, -0.25) is 4.90 Å². The van der Waals surface area contributed by atoms with Gasteiger partial charge in [0.2, 0.25) is 0 Å². The lowest BCUT2D eigenvalue weighted by Crippen LogP contribution is -2.48. The van der Waals surface area contributed by atoms with E-state index >= 15 is 0 Å². The Balaban J connectivity index is 1.61. The maximum Gasteiger partial charge on any atom is 0.0630 e. The summed E-state index contributed by atoms with van der Waals surface area (Å²) in [5, 5.41) is 1.72. The first kappa shape index (κ1) is 13.0. The maximum absolute atomic E-state index is 5.55. The fraction of sp³-hybridized carbons (Fsp3) is 0.571. The first-order chi connectivity index (χ1) is 8.86. The summed E-state index contributed by atoms with van der Waals surface area (Å²) in [6.07, 6.45) is 1.22. The van der Waals surface area contributed by atoms with Gasteiger partial charge in [0, 0.05) is 34.6 Å². The van der Waals surface area contributed by atoms with Crippen molar-refractivity contribution in [3.63, 3.8) is 0 Å². The first-order valence-electron chi connectivity index (χ1n) is 6.49. The van der Waals surface area contributed by atoms with Crippen LogP contribution in [0.15, 0.2) is 29.2 Å². The smallest absolute Gasteiger partial charge is 0.0630 e.